The molecule has 1 amide bonds. The number of pyridine rings is 1. The van der Waals surface area contributed by atoms with E-state index in [0.29, 0.717) is 31.1 Å². The van der Waals surface area contributed by atoms with Gasteiger partial charge in [-0.15, -0.1) is 0 Å². The number of carbonyl (C=O) groups excluding carboxylic acids is 1. The number of benzene rings is 2. The lowest BCUT2D eigenvalue weighted by atomic mass is 9.87. The smallest absolute Gasteiger partial charge is 0.225 e. The van der Waals surface area contributed by atoms with Crippen molar-refractivity contribution in [2.45, 2.75) is 46.0 Å². The maximum atomic E-state index is 12.6. The molecule has 1 N–H and O–H groups in total. The summed E-state index contributed by atoms with van der Waals surface area (Å²) in [6.07, 6.45) is 0.976. The molecule has 0 saturated carbocycles. The van der Waals surface area contributed by atoms with Crippen LogP contribution in [0.25, 0.3) is 16.7 Å². The molecule has 0 unspecified atom stereocenters. The Kier molecular flexibility index (Phi) is 6.45. The number of nitrogens with one attached hydrogen (secondary N) is 1. The van der Waals surface area contributed by atoms with Crippen molar-refractivity contribution < 1.29 is 9.53 Å². The highest BCUT2D eigenvalue weighted by atomic mass is 16.5. The second-order valence-corrected chi connectivity index (χ2v) is 9.22. The molecular formula is C27H30N4O2. The zero-order chi connectivity index (χ0) is 23.4. The summed E-state index contributed by atoms with van der Waals surface area (Å²) >= 11 is 0. The average molecular weight is 443 g/mol. The topological polar surface area (TPSA) is 69.0 Å². The van der Waals surface area contributed by atoms with E-state index in [1.54, 1.807) is 4.68 Å². The molecule has 0 aliphatic carbocycles. The number of hydrogen-bond donors (Lipinski definition) is 1. The first-order valence-corrected chi connectivity index (χ1v) is 11.3. The monoisotopic (exact) mass is 442 g/mol. The summed E-state index contributed by atoms with van der Waals surface area (Å²) < 4.78 is 7.48. The molecule has 2 aromatic carbocycles. The molecule has 170 valence electrons. The van der Waals surface area contributed by atoms with E-state index < -0.39 is 0 Å². The van der Waals surface area contributed by atoms with Crippen molar-refractivity contribution in [1.29, 1.82) is 0 Å². The van der Waals surface area contributed by atoms with Gasteiger partial charge >= 0.3 is 0 Å². The van der Waals surface area contributed by atoms with E-state index in [9.17, 15) is 4.79 Å². The van der Waals surface area contributed by atoms with E-state index in [4.69, 9.17) is 4.74 Å². The fourth-order valence-corrected chi connectivity index (χ4v) is 3.62. The van der Waals surface area contributed by atoms with Gasteiger partial charge in [0.05, 0.1) is 17.8 Å². The van der Waals surface area contributed by atoms with Crippen molar-refractivity contribution >= 4 is 22.6 Å². The van der Waals surface area contributed by atoms with E-state index in [1.165, 1.54) is 5.56 Å². The number of para-hydroxylation sites is 1. The average Bonchev–Trinajstić information content (AvgIpc) is 3.16. The minimum absolute atomic E-state index is 0.0800. The van der Waals surface area contributed by atoms with Gasteiger partial charge in [-0.2, -0.15) is 9.78 Å². The van der Waals surface area contributed by atoms with Gasteiger partial charge in [-0.3, -0.25) is 4.79 Å². The molecule has 2 aromatic heterocycles. The van der Waals surface area contributed by atoms with E-state index in [2.05, 4.69) is 48.3 Å². The molecule has 0 fully saturated rings. The Hall–Kier alpha value is -3.67. The first kappa shape index (κ1) is 22.5. The fourth-order valence-electron chi connectivity index (χ4n) is 3.62. The van der Waals surface area contributed by atoms with Gasteiger partial charge in [-0.1, -0.05) is 51.1 Å². The molecule has 6 heteroatoms. The summed E-state index contributed by atoms with van der Waals surface area (Å²) in [4.78, 5) is 17.2. The zero-order valence-electron chi connectivity index (χ0n) is 19.6. The molecule has 0 atom stereocenters. The van der Waals surface area contributed by atoms with Crippen LogP contribution in [0.5, 0.6) is 5.75 Å². The number of aryl methyl sites for hydroxylation is 1. The van der Waals surface area contributed by atoms with Gasteiger partial charge in [-0.05, 0) is 54.7 Å². The van der Waals surface area contributed by atoms with Crippen LogP contribution in [-0.4, -0.2) is 27.3 Å². The van der Waals surface area contributed by atoms with Gasteiger partial charge in [0.15, 0.2) is 5.82 Å². The summed E-state index contributed by atoms with van der Waals surface area (Å²) in [5.41, 5.74) is 3.07. The van der Waals surface area contributed by atoms with Crippen molar-refractivity contribution in [2.75, 3.05) is 11.9 Å². The number of ether oxygens (including phenoxy) is 1. The Bertz CT molecular complexity index is 1250. The Morgan fingerprint density at radius 2 is 1.79 bits per heavy atom. The molecule has 33 heavy (non-hydrogen) atoms. The lowest BCUT2D eigenvalue weighted by Gasteiger charge is -2.19. The minimum Gasteiger partial charge on any atom is -0.494 e. The Morgan fingerprint density at radius 1 is 1.03 bits per heavy atom. The van der Waals surface area contributed by atoms with Crippen LogP contribution < -0.4 is 10.1 Å². The van der Waals surface area contributed by atoms with Gasteiger partial charge in [-0.25, -0.2) is 4.98 Å². The van der Waals surface area contributed by atoms with E-state index in [0.717, 1.165) is 22.3 Å². The normalized spacial score (nSPS) is 11.5. The third-order valence-corrected chi connectivity index (χ3v) is 5.44. The van der Waals surface area contributed by atoms with Gasteiger partial charge in [0, 0.05) is 17.9 Å². The quantitative estimate of drug-likeness (QED) is 0.366. The Balaban J connectivity index is 1.33. The lowest BCUT2D eigenvalue weighted by Crippen LogP contribution is -2.16. The predicted molar refractivity (Wildman–Crippen MR) is 132 cm³/mol. The molecule has 0 radical (unpaired) electrons. The van der Waals surface area contributed by atoms with Gasteiger partial charge in [0.1, 0.15) is 11.6 Å². The summed E-state index contributed by atoms with van der Waals surface area (Å²) in [6, 6.07) is 21.8. The number of anilines is 1. The highest BCUT2D eigenvalue weighted by Crippen LogP contribution is 2.24. The van der Waals surface area contributed by atoms with Crippen molar-refractivity contribution in [3.05, 3.63) is 78.0 Å². The van der Waals surface area contributed by atoms with Crippen LogP contribution in [0.4, 0.5) is 5.82 Å². The third kappa shape index (κ3) is 5.58. The number of amides is 1. The maximum Gasteiger partial charge on any atom is 0.225 e. The number of aromatic nitrogens is 3. The Morgan fingerprint density at radius 3 is 2.55 bits per heavy atom. The molecule has 4 aromatic rings. The summed E-state index contributed by atoms with van der Waals surface area (Å²) in [5, 5.41) is 8.54. The summed E-state index contributed by atoms with van der Waals surface area (Å²) in [5.74, 6) is 2.02. The molecule has 0 spiro atoms. The van der Waals surface area contributed by atoms with Crippen LogP contribution in [0.15, 0.2) is 66.7 Å². The Labute approximate surface area is 194 Å². The second-order valence-electron chi connectivity index (χ2n) is 9.22. The number of fused-ring (bicyclic) bond motifs is 1. The van der Waals surface area contributed by atoms with Crippen molar-refractivity contribution in [2.24, 2.45) is 0 Å². The van der Waals surface area contributed by atoms with Crippen molar-refractivity contribution in [3.8, 4) is 11.6 Å². The highest BCUT2D eigenvalue weighted by molar-refractivity contribution is 5.90. The van der Waals surface area contributed by atoms with Gasteiger partial charge < -0.3 is 10.1 Å². The molecule has 6 nitrogen and oxygen atoms in total. The summed E-state index contributed by atoms with van der Waals surface area (Å²) in [7, 11) is 0. The number of hydrogen-bond acceptors (Lipinski definition) is 4. The first-order chi connectivity index (χ1) is 15.8. The molecule has 0 aliphatic rings. The number of carbonyl (C=O) groups is 1. The first-order valence-electron chi connectivity index (χ1n) is 11.3. The third-order valence-electron chi connectivity index (χ3n) is 5.44. The van der Waals surface area contributed by atoms with E-state index in [-0.39, 0.29) is 11.3 Å². The molecule has 0 bridgehead atoms. The van der Waals surface area contributed by atoms with Crippen LogP contribution in [0.2, 0.25) is 0 Å². The second kappa shape index (κ2) is 9.45. The van der Waals surface area contributed by atoms with Crippen LogP contribution in [0.3, 0.4) is 0 Å². The molecule has 2 heterocycles. The molecule has 0 saturated heterocycles. The lowest BCUT2D eigenvalue weighted by molar-refractivity contribution is -0.116. The zero-order valence-corrected chi connectivity index (χ0v) is 19.6. The van der Waals surface area contributed by atoms with Gasteiger partial charge in [0.25, 0.3) is 0 Å². The highest BCUT2D eigenvalue weighted by Gasteiger charge is 2.14. The van der Waals surface area contributed by atoms with Crippen LogP contribution in [0, 0.1) is 6.92 Å². The van der Waals surface area contributed by atoms with Crippen LogP contribution in [-0.2, 0) is 10.2 Å². The van der Waals surface area contributed by atoms with E-state index in [1.807, 2.05) is 61.5 Å². The van der Waals surface area contributed by atoms with Crippen molar-refractivity contribution in [3.63, 3.8) is 0 Å². The SMILES string of the molecule is Cc1cc(NC(=O)CCCOc2ccc(C(C)(C)C)cc2)n(-c2ccc3ccccc3n2)n1. The summed E-state index contributed by atoms with van der Waals surface area (Å²) in [6.45, 7) is 8.93. The number of rotatable bonds is 7. The maximum absolute atomic E-state index is 12.6. The standard InChI is InChI=1S/C27H30N4O2/c1-19-18-25(31(30-19)24-16-11-20-8-5-6-9-23(20)28-24)29-26(32)10-7-17-33-22-14-12-21(13-15-22)27(2,3)4/h5-6,8-9,11-16,18H,7,10,17H2,1-4H3,(H,29,32). The minimum atomic E-state index is -0.0800. The molecule has 4 rings (SSSR count). The predicted octanol–water partition coefficient (Wildman–Crippen LogP) is 5.82. The molecule has 0 aliphatic heterocycles. The van der Waals surface area contributed by atoms with Crippen LogP contribution in [0.1, 0.15) is 44.9 Å². The largest absolute Gasteiger partial charge is 0.494 e. The van der Waals surface area contributed by atoms with Gasteiger partial charge in [0.2, 0.25) is 5.91 Å². The van der Waals surface area contributed by atoms with Crippen molar-refractivity contribution in [1.82, 2.24) is 14.8 Å². The number of nitrogens with zero attached hydrogens (tertiary/aromatic N) is 3. The molecular weight excluding hydrogens is 412 g/mol. The fraction of sp³-hybridized carbons (Fsp3) is 0.296. The van der Waals surface area contributed by atoms with Crippen LogP contribution >= 0.6 is 0 Å². The van der Waals surface area contributed by atoms with E-state index >= 15 is 0 Å².